The normalized spacial score (nSPS) is 10.9. The van der Waals surface area contributed by atoms with Crippen LogP contribution in [0, 0.1) is 0 Å². The fraction of sp³-hybridized carbons (Fsp3) is 0.348. The summed E-state index contributed by atoms with van der Waals surface area (Å²) in [7, 11) is 1.59. The van der Waals surface area contributed by atoms with E-state index in [2.05, 4.69) is 39.7 Å². The van der Waals surface area contributed by atoms with Crippen LogP contribution in [0.4, 0.5) is 15.4 Å². The summed E-state index contributed by atoms with van der Waals surface area (Å²) in [6.07, 6.45) is 4.17. The molecule has 9 nitrogen and oxygen atoms in total. The second-order valence-corrected chi connectivity index (χ2v) is 7.20. The average Bonchev–Trinajstić information content (AvgIpc) is 3.22. The number of carbonyl (C=O) groups excluding carboxylic acids is 2. The third-order valence-corrected chi connectivity index (χ3v) is 5.13. The first-order valence-electron chi connectivity index (χ1n) is 10.8. The number of amides is 3. The van der Waals surface area contributed by atoms with Crippen molar-refractivity contribution in [2.75, 3.05) is 38.5 Å². The van der Waals surface area contributed by atoms with Crippen LogP contribution in [0.15, 0.2) is 48.8 Å². The maximum atomic E-state index is 12.1. The van der Waals surface area contributed by atoms with E-state index in [4.69, 9.17) is 4.74 Å². The van der Waals surface area contributed by atoms with Crippen molar-refractivity contribution >= 4 is 28.8 Å². The Morgan fingerprint density at radius 1 is 1.09 bits per heavy atom. The molecule has 0 bridgehead atoms. The minimum atomic E-state index is -0.300. The number of ether oxygens (including phenoxy) is 1. The first-order valence-corrected chi connectivity index (χ1v) is 10.8. The van der Waals surface area contributed by atoms with Crippen LogP contribution in [-0.2, 0) is 0 Å². The van der Waals surface area contributed by atoms with E-state index >= 15 is 0 Å². The average molecular weight is 439 g/mol. The molecular weight excluding hydrogens is 408 g/mol. The molecule has 32 heavy (non-hydrogen) atoms. The highest BCUT2D eigenvalue weighted by Gasteiger charge is 2.09. The summed E-state index contributed by atoms with van der Waals surface area (Å²) in [5.41, 5.74) is 0.784. The lowest BCUT2D eigenvalue weighted by molar-refractivity contribution is 0.245. The number of nitrogens with zero attached hydrogens (tertiary/aromatic N) is 3. The second kappa shape index (κ2) is 11.1. The number of hydrogen-bond donors (Lipinski definition) is 3. The Labute approximate surface area is 187 Å². The molecule has 0 unspecified atom stereocenters. The Kier molecular flexibility index (Phi) is 8.04. The SMILES string of the molecule is CCN(CC)CCCNC(=O)Nc1cc(Oc2ccc3c(ccn3C(=O)NC)c2)ccn1. The third-order valence-electron chi connectivity index (χ3n) is 5.13. The molecule has 3 aromatic rings. The van der Waals surface area contributed by atoms with Crippen molar-refractivity contribution in [2.45, 2.75) is 20.3 Å². The Morgan fingerprint density at radius 3 is 2.62 bits per heavy atom. The monoisotopic (exact) mass is 438 g/mol. The summed E-state index contributed by atoms with van der Waals surface area (Å²) in [6.45, 7) is 7.81. The van der Waals surface area contributed by atoms with Gasteiger partial charge in [0.05, 0.1) is 5.52 Å². The number of anilines is 1. The molecule has 3 N–H and O–H groups in total. The number of aromatic nitrogens is 2. The number of urea groups is 1. The third kappa shape index (κ3) is 5.98. The van der Waals surface area contributed by atoms with Gasteiger partial charge in [-0.25, -0.2) is 14.6 Å². The summed E-state index contributed by atoms with van der Waals surface area (Å²) < 4.78 is 7.46. The van der Waals surface area contributed by atoms with Crippen molar-refractivity contribution in [1.29, 1.82) is 0 Å². The number of fused-ring (bicyclic) bond motifs is 1. The molecule has 0 saturated heterocycles. The van der Waals surface area contributed by atoms with Gasteiger partial charge in [-0.05, 0) is 56.4 Å². The molecule has 1 aromatic carbocycles. The Balaban J connectivity index is 1.56. The van der Waals surface area contributed by atoms with Crippen molar-refractivity contribution in [2.24, 2.45) is 0 Å². The molecule has 0 fully saturated rings. The molecule has 2 aromatic heterocycles. The van der Waals surface area contributed by atoms with Gasteiger partial charge in [-0.3, -0.25) is 9.88 Å². The van der Waals surface area contributed by atoms with Gasteiger partial charge in [-0.1, -0.05) is 13.8 Å². The summed E-state index contributed by atoms with van der Waals surface area (Å²) in [5.74, 6) is 1.56. The van der Waals surface area contributed by atoms with Gasteiger partial charge < -0.3 is 20.3 Å². The topological polar surface area (TPSA) is 101 Å². The molecule has 0 saturated carbocycles. The molecule has 0 aliphatic rings. The van der Waals surface area contributed by atoms with E-state index in [1.807, 2.05) is 18.2 Å². The summed E-state index contributed by atoms with van der Waals surface area (Å²) in [5, 5.41) is 9.06. The molecule has 3 amide bonds. The lowest BCUT2D eigenvalue weighted by atomic mass is 10.2. The molecule has 0 spiro atoms. The number of nitrogens with one attached hydrogen (secondary N) is 3. The van der Waals surface area contributed by atoms with Gasteiger partial charge in [0.15, 0.2) is 0 Å². The predicted molar refractivity (Wildman–Crippen MR) is 126 cm³/mol. The summed E-state index contributed by atoms with van der Waals surface area (Å²) in [4.78, 5) is 30.5. The minimum absolute atomic E-state index is 0.204. The van der Waals surface area contributed by atoms with Crippen LogP contribution in [-0.4, -0.2) is 59.7 Å². The fourth-order valence-electron chi connectivity index (χ4n) is 3.37. The molecule has 0 aliphatic carbocycles. The van der Waals surface area contributed by atoms with Gasteiger partial charge in [-0.15, -0.1) is 0 Å². The number of benzene rings is 1. The van der Waals surface area contributed by atoms with Crippen molar-refractivity contribution < 1.29 is 14.3 Å². The molecule has 0 radical (unpaired) electrons. The van der Waals surface area contributed by atoms with Crippen LogP contribution in [0.2, 0.25) is 0 Å². The van der Waals surface area contributed by atoms with Crippen LogP contribution in [0.25, 0.3) is 10.9 Å². The van der Waals surface area contributed by atoms with Gasteiger partial charge in [0.1, 0.15) is 17.3 Å². The Morgan fingerprint density at radius 2 is 1.88 bits per heavy atom. The Hall–Kier alpha value is -3.59. The first-order chi connectivity index (χ1) is 15.5. The van der Waals surface area contributed by atoms with Crippen molar-refractivity contribution in [3.63, 3.8) is 0 Å². The van der Waals surface area contributed by atoms with Crippen molar-refractivity contribution in [3.05, 3.63) is 48.8 Å². The highest BCUT2D eigenvalue weighted by atomic mass is 16.5. The quantitative estimate of drug-likeness (QED) is 0.440. The summed E-state index contributed by atoms with van der Waals surface area (Å²) in [6, 6.07) is 10.2. The van der Waals surface area contributed by atoms with E-state index in [9.17, 15) is 9.59 Å². The maximum Gasteiger partial charge on any atom is 0.325 e. The van der Waals surface area contributed by atoms with E-state index in [1.165, 1.54) is 4.57 Å². The number of rotatable bonds is 9. The zero-order chi connectivity index (χ0) is 22.9. The smallest absolute Gasteiger partial charge is 0.325 e. The molecule has 170 valence electrons. The van der Waals surface area contributed by atoms with E-state index in [1.54, 1.807) is 37.6 Å². The number of carbonyl (C=O) groups is 2. The van der Waals surface area contributed by atoms with Crippen LogP contribution in [0.5, 0.6) is 11.5 Å². The highest BCUT2D eigenvalue weighted by Crippen LogP contribution is 2.27. The van der Waals surface area contributed by atoms with Crippen molar-refractivity contribution in [1.82, 2.24) is 25.1 Å². The van der Waals surface area contributed by atoms with Crippen LogP contribution in [0.1, 0.15) is 20.3 Å². The van der Waals surface area contributed by atoms with Crippen molar-refractivity contribution in [3.8, 4) is 11.5 Å². The highest BCUT2D eigenvalue weighted by molar-refractivity contribution is 5.92. The van der Waals surface area contributed by atoms with Crippen LogP contribution in [0.3, 0.4) is 0 Å². The van der Waals surface area contributed by atoms with E-state index in [0.717, 1.165) is 37.0 Å². The van der Waals surface area contributed by atoms with E-state index in [-0.39, 0.29) is 12.1 Å². The van der Waals surface area contributed by atoms with Crippen LogP contribution >= 0.6 is 0 Å². The van der Waals surface area contributed by atoms with Gasteiger partial charge in [0.2, 0.25) is 0 Å². The van der Waals surface area contributed by atoms with E-state index in [0.29, 0.717) is 23.9 Å². The molecule has 3 rings (SSSR count). The van der Waals surface area contributed by atoms with E-state index < -0.39 is 0 Å². The van der Waals surface area contributed by atoms with Gasteiger partial charge in [-0.2, -0.15) is 0 Å². The molecule has 0 aliphatic heterocycles. The largest absolute Gasteiger partial charge is 0.457 e. The standard InChI is InChI=1S/C23H30N6O3/c1-4-28(5-2)13-6-11-26-22(30)27-21-16-19(9-12-25-21)32-18-7-8-20-17(15-18)10-14-29(20)23(31)24-3/h7-10,12,14-16H,4-6,11,13H2,1-3H3,(H,24,31)(H2,25,26,27,30). The zero-order valence-electron chi connectivity index (χ0n) is 18.7. The Bertz CT molecular complexity index is 1060. The molecule has 2 heterocycles. The number of pyridine rings is 1. The lowest BCUT2D eigenvalue weighted by Gasteiger charge is -2.17. The second-order valence-electron chi connectivity index (χ2n) is 7.20. The van der Waals surface area contributed by atoms with Crippen LogP contribution < -0.4 is 20.7 Å². The molecule has 9 heteroatoms. The lowest BCUT2D eigenvalue weighted by Crippen LogP contribution is -2.32. The molecular formula is C23H30N6O3. The molecule has 0 atom stereocenters. The fourth-order valence-corrected chi connectivity index (χ4v) is 3.37. The zero-order valence-corrected chi connectivity index (χ0v) is 18.7. The van der Waals surface area contributed by atoms with Gasteiger partial charge in [0.25, 0.3) is 0 Å². The number of hydrogen-bond acceptors (Lipinski definition) is 5. The summed E-state index contributed by atoms with van der Waals surface area (Å²) >= 11 is 0. The van der Waals surface area contributed by atoms with Gasteiger partial charge >= 0.3 is 12.1 Å². The first kappa shape index (κ1) is 23.1. The minimum Gasteiger partial charge on any atom is -0.457 e. The maximum absolute atomic E-state index is 12.1. The predicted octanol–water partition coefficient (Wildman–Crippen LogP) is 3.87. The van der Waals surface area contributed by atoms with Gasteiger partial charge in [0, 0.05) is 37.4 Å².